The third-order valence-electron chi connectivity index (χ3n) is 4.73. The number of halogens is 3. The summed E-state index contributed by atoms with van der Waals surface area (Å²) in [6.45, 7) is 3.35. The van der Waals surface area contributed by atoms with E-state index in [-0.39, 0.29) is 17.0 Å². The first-order valence-electron chi connectivity index (χ1n) is 9.76. The average Bonchev–Trinajstić information content (AvgIpc) is 2.74. The Kier molecular flexibility index (Phi) is 6.82. The van der Waals surface area contributed by atoms with E-state index >= 15 is 0 Å². The van der Waals surface area contributed by atoms with Gasteiger partial charge in [0.05, 0.1) is 5.56 Å². The Hall–Kier alpha value is -3.81. The Morgan fingerprint density at radius 2 is 1.59 bits per heavy atom. The zero-order valence-electron chi connectivity index (χ0n) is 17.4. The minimum Gasteiger partial charge on any atom is -0.485 e. The summed E-state index contributed by atoms with van der Waals surface area (Å²) in [5.41, 5.74) is 0.496. The summed E-state index contributed by atoms with van der Waals surface area (Å²) in [6, 6.07) is 17.7. The van der Waals surface area contributed by atoms with Gasteiger partial charge in [-0.25, -0.2) is 4.79 Å². The van der Waals surface area contributed by atoms with Crippen molar-refractivity contribution < 1.29 is 27.5 Å². The molecule has 1 unspecified atom stereocenters. The summed E-state index contributed by atoms with van der Waals surface area (Å²) in [4.78, 5) is 24.4. The van der Waals surface area contributed by atoms with Crippen LogP contribution in [0.5, 0.6) is 5.75 Å². The first kappa shape index (κ1) is 22.9. The topological polar surface area (TPSA) is 67.4 Å². The van der Waals surface area contributed by atoms with Gasteiger partial charge in [0.1, 0.15) is 11.9 Å². The lowest BCUT2D eigenvalue weighted by Crippen LogP contribution is -2.34. The van der Waals surface area contributed by atoms with Gasteiger partial charge in [0.15, 0.2) is 0 Å². The summed E-state index contributed by atoms with van der Waals surface area (Å²) in [5, 5.41) is 4.37. The molecule has 32 heavy (non-hydrogen) atoms. The van der Waals surface area contributed by atoms with Gasteiger partial charge in [-0.3, -0.25) is 10.1 Å². The molecule has 0 spiro atoms. The van der Waals surface area contributed by atoms with Crippen LogP contribution in [0.3, 0.4) is 0 Å². The average molecular weight is 442 g/mol. The molecule has 8 heteroatoms. The molecule has 0 aliphatic carbocycles. The largest absolute Gasteiger partial charge is 0.485 e. The second kappa shape index (κ2) is 9.55. The lowest BCUT2D eigenvalue weighted by Gasteiger charge is -2.20. The molecule has 1 atom stereocenters. The molecule has 5 nitrogen and oxygen atoms in total. The molecule has 0 aromatic heterocycles. The van der Waals surface area contributed by atoms with Gasteiger partial charge in [-0.05, 0) is 49.2 Å². The van der Waals surface area contributed by atoms with Gasteiger partial charge in [-0.1, -0.05) is 48.5 Å². The number of carbonyl (C=O) groups is 2. The lowest BCUT2D eigenvalue weighted by atomic mass is 10.1. The summed E-state index contributed by atoms with van der Waals surface area (Å²) >= 11 is 0. The molecule has 0 bridgehead atoms. The van der Waals surface area contributed by atoms with Crippen LogP contribution < -0.4 is 15.4 Å². The van der Waals surface area contributed by atoms with Gasteiger partial charge in [0, 0.05) is 11.3 Å². The highest BCUT2D eigenvalue weighted by Crippen LogP contribution is 2.39. The third kappa shape index (κ3) is 5.66. The number of urea groups is 1. The van der Waals surface area contributed by atoms with Crippen LogP contribution >= 0.6 is 0 Å². The molecule has 3 rings (SSSR count). The number of imide groups is 1. The molecule has 0 radical (unpaired) electrons. The standard InChI is InChI=1S/C24H21F3N2O3/c1-15-8-6-7-11-19(15)22(30)29-23(31)28-18-12-13-21(20(14-18)24(25,26)27)32-16(2)17-9-4-3-5-10-17/h3-14,16H,1-2H3,(H2,28,29,30,31). The minimum absolute atomic E-state index is 0.132. The molecule has 0 aliphatic heterocycles. The van der Waals surface area contributed by atoms with Gasteiger partial charge < -0.3 is 10.1 Å². The van der Waals surface area contributed by atoms with Crippen LogP contribution in [0.4, 0.5) is 23.7 Å². The van der Waals surface area contributed by atoms with E-state index in [2.05, 4.69) is 10.6 Å². The Morgan fingerprint density at radius 3 is 2.25 bits per heavy atom. The molecule has 3 aromatic carbocycles. The van der Waals surface area contributed by atoms with Gasteiger partial charge in [0.25, 0.3) is 5.91 Å². The number of ether oxygens (including phenoxy) is 1. The van der Waals surface area contributed by atoms with Gasteiger partial charge in [-0.2, -0.15) is 13.2 Å². The van der Waals surface area contributed by atoms with Crippen molar-refractivity contribution in [3.63, 3.8) is 0 Å². The summed E-state index contributed by atoms with van der Waals surface area (Å²) in [5.74, 6) is -1.02. The molecule has 0 saturated heterocycles. The Bertz CT molecular complexity index is 1110. The fourth-order valence-electron chi connectivity index (χ4n) is 3.08. The van der Waals surface area contributed by atoms with Crippen molar-refractivity contribution in [2.24, 2.45) is 0 Å². The fraction of sp³-hybridized carbons (Fsp3) is 0.167. The molecule has 3 aromatic rings. The summed E-state index contributed by atoms with van der Waals surface area (Å²) < 4.78 is 46.4. The highest BCUT2D eigenvalue weighted by molar-refractivity contribution is 6.08. The molecule has 2 N–H and O–H groups in total. The maximum atomic E-state index is 13.6. The first-order valence-corrected chi connectivity index (χ1v) is 9.76. The number of nitrogens with one attached hydrogen (secondary N) is 2. The van der Waals surface area contributed by atoms with Crippen molar-refractivity contribution in [1.29, 1.82) is 0 Å². The van der Waals surface area contributed by atoms with Crippen molar-refractivity contribution in [2.45, 2.75) is 26.1 Å². The van der Waals surface area contributed by atoms with E-state index in [1.807, 2.05) is 0 Å². The number of amides is 3. The van der Waals surface area contributed by atoms with Crippen LogP contribution in [0.1, 0.15) is 40.1 Å². The van der Waals surface area contributed by atoms with Crippen LogP contribution in [0.2, 0.25) is 0 Å². The number of rotatable bonds is 5. The van der Waals surface area contributed by atoms with Gasteiger partial charge in [0.2, 0.25) is 0 Å². The number of carbonyl (C=O) groups excluding carboxylic acids is 2. The van der Waals surface area contributed by atoms with Crippen molar-refractivity contribution in [2.75, 3.05) is 5.32 Å². The van der Waals surface area contributed by atoms with Crippen molar-refractivity contribution in [1.82, 2.24) is 5.32 Å². The van der Waals surface area contributed by atoms with Gasteiger partial charge >= 0.3 is 12.2 Å². The van der Waals surface area contributed by atoms with Crippen LogP contribution in [0.25, 0.3) is 0 Å². The van der Waals surface area contributed by atoms with E-state index < -0.39 is 29.8 Å². The van der Waals surface area contributed by atoms with Crippen LogP contribution in [0, 0.1) is 6.92 Å². The quantitative estimate of drug-likeness (QED) is 0.501. The highest BCUT2D eigenvalue weighted by atomic mass is 19.4. The molecule has 0 fully saturated rings. The number of aryl methyl sites for hydroxylation is 1. The lowest BCUT2D eigenvalue weighted by molar-refractivity contribution is -0.139. The van der Waals surface area contributed by atoms with E-state index in [1.54, 1.807) is 68.4 Å². The molecule has 0 saturated carbocycles. The van der Waals surface area contributed by atoms with Crippen molar-refractivity contribution in [3.05, 3.63) is 95.1 Å². The molecule has 3 amide bonds. The molecule has 166 valence electrons. The number of benzene rings is 3. The molecular weight excluding hydrogens is 421 g/mol. The van der Waals surface area contributed by atoms with Crippen molar-refractivity contribution >= 4 is 17.6 Å². The second-order valence-electron chi connectivity index (χ2n) is 7.10. The van der Waals surface area contributed by atoms with Crippen LogP contribution in [-0.4, -0.2) is 11.9 Å². The van der Waals surface area contributed by atoms with E-state index in [0.717, 1.165) is 17.7 Å². The Morgan fingerprint density at radius 1 is 0.938 bits per heavy atom. The predicted octanol–water partition coefficient (Wildman–Crippen LogP) is 6.12. The maximum Gasteiger partial charge on any atom is 0.420 e. The number of hydrogen-bond donors (Lipinski definition) is 2. The maximum absolute atomic E-state index is 13.6. The molecular formula is C24H21F3N2O3. The highest BCUT2D eigenvalue weighted by Gasteiger charge is 2.35. The minimum atomic E-state index is -4.71. The van der Waals surface area contributed by atoms with E-state index in [4.69, 9.17) is 4.74 Å². The monoisotopic (exact) mass is 442 g/mol. The number of alkyl halides is 3. The van der Waals surface area contributed by atoms with E-state index in [0.29, 0.717) is 5.56 Å². The Labute approximate surface area is 183 Å². The van der Waals surface area contributed by atoms with Crippen LogP contribution in [-0.2, 0) is 6.18 Å². The summed E-state index contributed by atoms with van der Waals surface area (Å²) in [7, 11) is 0. The SMILES string of the molecule is Cc1ccccc1C(=O)NC(=O)Nc1ccc(OC(C)c2ccccc2)c(C(F)(F)F)c1. The number of anilines is 1. The zero-order valence-corrected chi connectivity index (χ0v) is 17.4. The third-order valence-corrected chi connectivity index (χ3v) is 4.73. The normalized spacial score (nSPS) is 12.0. The zero-order chi connectivity index (χ0) is 23.3. The van der Waals surface area contributed by atoms with E-state index in [1.165, 1.54) is 6.07 Å². The first-order chi connectivity index (χ1) is 15.1. The summed E-state index contributed by atoms with van der Waals surface area (Å²) in [6.07, 6.45) is -5.33. The second-order valence-corrected chi connectivity index (χ2v) is 7.10. The Balaban J connectivity index is 1.76. The van der Waals surface area contributed by atoms with Crippen LogP contribution in [0.15, 0.2) is 72.8 Å². The number of hydrogen-bond acceptors (Lipinski definition) is 3. The fourth-order valence-corrected chi connectivity index (χ4v) is 3.08. The predicted molar refractivity (Wildman–Crippen MR) is 115 cm³/mol. The van der Waals surface area contributed by atoms with E-state index in [9.17, 15) is 22.8 Å². The van der Waals surface area contributed by atoms with Gasteiger partial charge in [-0.15, -0.1) is 0 Å². The smallest absolute Gasteiger partial charge is 0.420 e. The molecule has 0 heterocycles. The van der Waals surface area contributed by atoms with Crippen molar-refractivity contribution in [3.8, 4) is 5.75 Å². The molecule has 0 aliphatic rings.